The molecule has 1 aliphatic rings. The van der Waals surface area contributed by atoms with Crippen LogP contribution in [0.25, 0.3) is 11.3 Å². The van der Waals surface area contributed by atoms with Gasteiger partial charge in [-0.3, -0.25) is 19.2 Å². The third kappa shape index (κ3) is 12.5. The van der Waals surface area contributed by atoms with Crippen molar-refractivity contribution in [3.05, 3.63) is 99.9 Å². The maximum Gasteiger partial charge on any atom is 0.307 e. The lowest BCUT2D eigenvalue weighted by molar-refractivity contribution is -0.149. The number of rotatable bonds is 19. The molecule has 1 fully saturated rings. The fourth-order valence-electron chi connectivity index (χ4n) is 7.50. The molecule has 14 nitrogen and oxygen atoms in total. The number of carboxylic acid groups (broad SMARTS) is 1. The number of amides is 3. The molecule has 0 radical (unpaired) electrons. The summed E-state index contributed by atoms with van der Waals surface area (Å²) in [4.78, 5) is 62.2. The van der Waals surface area contributed by atoms with Crippen LogP contribution in [-0.4, -0.2) is 105 Å². The van der Waals surface area contributed by atoms with E-state index in [0.717, 1.165) is 35.6 Å². The van der Waals surface area contributed by atoms with E-state index in [9.17, 15) is 29.4 Å². The average molecular weight is 879 g/mol. The van der Waals surface area contributed by atoms with Gasteiger partial charge in [-0.1, -0.05) is 55.2 Å². The zero-order valence-corrected chi connectivity index (χ0v) is 37.1. The van der Waals surface area contributed by atoms with Gasteiger partial charge in [-0.2, -0.15) is 0 Å². The van der Waals surface area contributed by atoms with Crippen molar-refractivity contribution in [1.82, 2.24) is 35.3 Å². The highest BCUT2D eigenvalue weighted by atomic mass is 35.5. The van der Waals surface area contributed by atoms with Gasteiger partial charge in [0.2, 0.25) is 17.7 Å². The molecule has 1 saturated heterocycles. The van der Waals surface area contributed by atoms with Crippen molar-refractivity contribution < 1.29 is 34.1 Å². The number of aliphatic hydroxyl groups excluding tert-OH is 1. The van der Waals surface area contributed by atoms with Crippen LogP contribution in [0.5, 0.6) is 11.5 Å². The van der Waals surface area contributed by atoms with Crippen LogP contribution in [0.4, 0.5) is 0 Å². The van der Waals surface area contributed by atoms with Crippen molar-refractivity contribution in [2.75, 3.05) is 33.8 Å². The Morgan fingerprint density at radius 1 is 0.967 bits per heavy atom. The summed E-state index contributed by atoms with van der Waals surface area (Å²) in [6.07, 6.45) is 3.40. The number of imidazole rings is 1. The first kappa shape index (κ1) is 47.1. The molecular weight excluding hydrogens is 821 g/mol. The van der Waals surface area contributed by atoms with Gasteiger partial charge in [0, 0.05) is 41.2 Å². The highest BCUT2D eigenvalue weighted by Gasteiger charge is 2.38. The molecule has 0 aliphatic carbocycles. The second-order valence-electron chi connectivity index (χ2n) is 16.4. The predicted molar refractivity (Wildman–Crippen MR) is 235 cm³/mol. The average Bonchev–Trinajstić information content (AvgIpc) is 3.57. The van der Waals surface area contributed by atoms with Crippen molar-refractivity contribution >= 4 is 46.9 Å². The Hall–Kier alpha value is -4.99. The van der Waals surface area contributed by atoms with E-state index in [1.807, 2.05) is 61.1 Å². The van der Waals surface area contributed by atoms with Gasteiger partial charge >= 0.3 is 5.97 Å². The van der Waals surface area contributed by atoms with E-state index in [1.165, 1.54) is 11.8 Å². The SMILES string of the molecule is CC(C)[C@H](CC(=O)N(Cc1ccc(Cl)cc1Oc1ccc(-c2cnc(CN(C)C)n2C)cc1)[C@@H](C)C(=O)N[C@@H](CO)C(=O)N[C@@]1(Cc2ccc(Cl)cc2)CCCNC1)C(=O)O. The Morgan fingerprint density at radius 2 is 1.66 bits per heavy atom. The summed E-state index contributed by atoms with van der Waals surface area (Å²) in [5.41, 5.74) is 2.61. The number of hydrogen-bond acceptors (Lipinski definition) is 9. The fourth-order valence-corrected chi connectivity index (χ4v) is 7.79. The molecule has 4 aromatic rings. The molecule has 1 aliphatic heterocycles. The third-order valence-corrected chi connectivity index (χ3v) is 11.6. The number of carbonyl (C=O) groups excluding carboxylic acids is 3. The number of benzene rings is 3. The number of hydrogen-bond donors (Lipinski definition) is 5. The Balaban J connectivity index is 1.37. The van der Waals surface area contributed by atoms with Crippen LogP contribution in [-0.2, 0) is 45.7 Å². The standard InChI is InChI=1S/C45H57Cl2N7O7/c1-28(2)36(44(59)60)21-41(56)54(29(3)42(57)50-37(26-55)43(58)51-45(18-7-19-48-27-45)22-30-8-13-33(46)14-9-30)24-32-10-15-34(47)20-39(32)61-35-16-11-31(12-17-35)38-23-49-40(53(38)6)25-52(4)5/h8-17,20,23,28-29,36-37,48,55H,7,18-19,21-22,24-27H2,1-6H3,(H,50,57)(H,51,58)(H,59,60)/t29-,36-,37-,45+/m0/s1. The van der Waals surface area contributed by atoms with E-state index in [1.54, 1.807) is 56.3 Å². The smallest absolute Gasteiger partial charge is 0.307 e. The Bertz CT molecular complexity index is 2140. The third-order valence-electron chi connectivity index (χ3n) is 11.1. The van der Waals surface area contributed by atoms with Crippen molar-refractivity contribution in [2.24, 2.45) is 18.9 Å². The number of nitrogens with one attached hydrogen (secondary N) is 3. The number of carbonyl (C=O) groups is 4. The number of aliphatic hydroxyl groups is 1. The van der Waals surface area contributed by atoms with E-state index in [-0.39, 0.29) is 18.9 Å². The van der Waals surface area contributed by atoms with Crippen LogP contribution in [0.1, 0.15) is 57.0 Å². The summed E-state index contributed by atoms with van der Waals surface area (Å²) < 4.78 is 8.38. The van der Waals surface area contributed by atoms with Crippen molar-refractivity contribution in [1.29, 1.82) is 0 Å². The highest BCUT2D eigenvalue weighted by Crippen LogP contribution is 2.32. The molecule has 0 bridgehead atoms. The van der Waals surface area contributed by atoms with Gasteiger partial charge in [0.05, 0.1) is 43.0 Å². The molecule has 5 N–H and O–H groups in total. The summed E-state index contributed by atoms with van der Waals surface area (Å²) in [5, 5.41) is 30.5. The highest BCUT2D eigenvalue weighted by molar-refractivity contribution is 6.31. The number of aliphatic carboxylic acids is 1. The topological polar surface area (TPSA) is 178 Å². The van der Waals surface area contributed by atoms with Crippen molar-refractivity contribution in [3.8, 4) is 22.8 Å². The van der Waals surface area contributed by atoms with Gasteiger partial charge in [0.25, 0.3) is 0 Å². The molecule has 1 aromatic heterocycles. The molecule has 2 heterocycles. The van der Waals surface area contributed by atoms with Gasteiger partial charge in [-0.25, -0.2) is 4.98 Å². The number of aromatic nitrogens is 2. The summed E-state index contributed by atoms with van der Waals surface area (Å²) >= 11 is 12.6. The summed E-state index contributed by atoms with van der Waals surface area (Å²) in [6, 6.07) is 17.2. The normalized spacial score (nSPS) is 16.8. The molecule has 4 atom stereocenters. The first-order valence-electron chi connectivity index (χ1n) is 20.4. The van der Waals surface area contributed by atoms with E-state index < -0.39 is 53.8 Å². The van der Waals surface area contributed by atoms with Gasteiger partial charge in [0.1, 0.15) is 29.4 Å². The minimum absolute atomic E-state index is 0.169. The van der Waals surface area contributed by atoms with Crippen molar-refractivity contribution in [2.45, 2.75) is 77.2 Å². The van der Waals surface area contributed by atoms with Crippen LogP contribution in [0.2, 0.25) is 10.0 Å². The first-order chi connectivity index (χ1) is 29.0. The number of piperidine rings is 1. The van der Waals surface area contributed by atoms with Crippen LogP contribution in [0, 0.1) is 11.8 Å². The number of carboxylic acids is 1. The van der Waals surface area contributed by atoms with Crippen molar-refractivity contribution in [3.63, 3.8) is 0 Å². The minimum atomic E-state index is -1.35. The molecule has 0 spiro atoms. The largest absolute Gasteiger partial charge is 0.481 e. The molecule has 0 saturated carbocycles. The van der Waals surface area contributed by atoms with E-state index in [4.69, 9.17) is 27.9 Å². The van der Waals surface area contributed by atoms with Gasteiger partial charge in [-0.05, 0) is 107 Å². The minimum Gasteiger partial charge on any atom is -0.481 e. The van der Waals surface area contributed by atoms with E-state index in [0.29, 0.717) is 53.0 Å². The Labute approximate surface area is 367 Å². The molecule has 3 aromatic carbocycles. The van der Waals surface area contributed by atoms with Crippen LogP contribution in [0.15, 0.2) is 72.9 Å². The first-order valence-corrected chi connectivity index (χ1v) is 21.2. The number of halogens is 2. The molecule has 16 heteroatoms. The molecule has 328 valence electrons. The second-order valence-corrected chi connectivity index (χ2v) is 17.3. The molecule has 61 heavy (non-hydrogen) atoms. The Morgan fingerprint density at radius 3 is 2.26 bits per heavy atom. The van der Waals surface area contributed by atoms with Gasteiger partial charge < -0.3 is 45.3 Å². The molecule has 3 amide bonds. The van der Waals surface area contributed by atoms with Crippen LogP contribution < -0.4 is 20.7 Å². The Kier molecular flexibility index (Phi) is 16.4. The lowest BCUT2D eigenvalue weighted by atomic mass is 9.83. The van der Waals surface area contributed by atoms with Crippen LogP contribution in [0.3, 0.4) is 0 Å². The molecular formula is C45H57Cl2N7O7. The zero-order valence-electron chi connectivity index (χ0n) is 35.6. The summed E-state index contributed by atoms with van der Waals surface area (Å²) in [5.74, 6) is -2.73. The summed E-state index contributed by atoms with van der Waals surface area (Å²) in [7, 11) is 5.93. The van der Waals surface area contributed by atoms with Gasteiger partial charge in [0.15, 0.2) is 0 Å². The maximum atomic E-state index is 14.2. The van der Waals surface area contributed by atoms with Gasteiger partial charge in [-0.15, -0.1) is 0 Å². The lowest BCUT2D eigenvalue weighted by Gasteiger charge is -2.40. The van der Waals surface area contributed by atoms with E-state index >= 15 is 0 Å². The van der Waals surface area contributed by atoms with Crippen LogP contribution >= 0.6 is 23.2 Å². The van der Waals surface area contributed by atoms with E-state index in [2.05, 4.69) is 20.9 Å². The lowest BCUT2D eigenvalue weighted by Crippen LogP contribution is -2.63. The predicted octanol–water partition coefficient (Wildman–Crippen LogP) is 5.67. The zero-order chi connectivity index (χ0) is 44.4. The fraction of sp³-hybridized carbons (Fsp3) is 0.444. The molecule has 0 unspecified atom stereocenters. The monoisotopic (exact) mass is 877 g/mol. The number of nitrogens with zero attached hydrogens (tertiary/aromatic N) is 4. The maximum absolute atomic E-state index is 14.2. The second kappa shape index (κ2) is 21.2. The quantitative estimate of drug-likeness (QED) is 0.0789. The summed E-state index contributed by atoms with van der Waals surface area (Å²) in [6.45, 7) is 6.00. The number of ether oxygens (including phenoxy) is 1. The molecule has 5 rings (SSSR count).